The zero-order valence-corrected chi connectivity index (χ0v) is 10.9. The van der Waals surface area contributed by atoms with Crippen LogP contribution < -0.4 is 0 Å². The van der Waals surface area contributed by atoms with Gasteiger partial charge in [0.15, 0.2) is 0 Å². The van der Waals surface area contributed by atoms with Gasteiger partial charge in [-0.25, -0.2) is 0 Å². The van der Waals surface area contributed by atoms with Crippen molar-refractivity contribution in [1.29, 1.82) is 0 Å². The van der Waals surface area contributed by atoms with Crippen LogP contribution in [0.1, 0.15) is 31.7 Å². The Morgan fingerprint density at radius 2 is 2.18 bits per heavy atom. The van der Waals surface area contributed by atoms with Crippen molar-refractivity contribution in [2.24, 2.45) is 0 Å². The minimum Gasteiger partial charge on any atom is -0.282 e. The van der Waals surface area contributed by atoms with E-state index in [4.69, 9.17) is 0 Å². The molecule has 1 heterocycles. The second kappa shape index (κ2) is 5.92. The van der Waals surface area contributed by atoms with Crippen molar-refractivity contribution in [2.75, 3.05) is 6.54 Å². The second-order valence-corrected chi connectivity index (χ2v) is 5.15. The van der Waals surface area contributed by atoms with Gasteiger partial charge in [-0.3, -0.25) is 9.10 Å². The summed E-state index contributed by atoms with van der Waals surface area (Å²) in [4.78, 5) is 13.1. The van der Waals surface area contributed by atoms with Gasteiger partial charge in [0.2, 0.25) is 5.91 Å². The first-order valence-corrected chi connectivity index (χ1v) is 6.82. The molecule has 0 fully saturated rings. The van der Waals surface area contributed by atoms with Crippen molar-refractivity contribution in [2.45, 2.75) is 31.1 Å². The molecule has 1 aliphatic heterocycles. The molecule has 1 aromatic carbocycles. The van der Waals surface area contributed by atoms with E-state index in [1.54, 1.807) is 11.9 Å². The second-order valence-electron chi connectivity index (χ2n) is 4.09. The van der Waals surface area contributed by atoms with E-state index in [9.17, 15) is 4.79 Å². The maximum Gasteiger partial charge on any atom is 0.236 e. The molecule has 0 spiro atoms. The van der Waals surface area contributed by atoms with Crippen LogP contribution in [0.4, 0.5) is 0 Å². The number of unbranched alkanes of at least 4 members (excludes halogenated alkanes) is 1. The van der Waals surface area contributed by atoms with Gasteiger partial charge in [0.1, 0.15) is 0 Å². The zero-order chi connectivity index (χ0) is 12.1. The third-order valence-electron chi connectivity index (χ3n) is 2.71. The fraction of sp³-hybridized carbons (Fsp3) is 0.357. The molecule has 2 rings (SSSR count). The molecule has 0 saturated carbocycles. The molecule has 1 aliphatic rings. The first-order chi connectivity index (χ1) is 8.31. The molecule has 1 amide bonds. The highest BCUT2D eigenvalue weighted by atomic mass is 32.2. The molecule has 1 aromatic rings. The van der Waals surface area contributed by atoms with Gasteiger partial charge < -0.3 is 0 Å². The third kappa shape index (κ3) is 3.13. The minimum atomic E-state index is 0.203. The van der Waals surface area contributed by atoms with Gasteiger partial charge in [0, 0.05) is 17.9 Å². The van der Waals surface area contributed by atoms with Crippen LogP contribution in [0.5, 0.6) is 0 Å². The summed E-state index contributed by atoms with van der Waals surface area (Å²) in [7, 11) is 0. The molecule has 0 N–H and O–H groups in total. The highest BCUT2D eigenvalue weighted by molar-refractivity contribution is 7.97. The van der Waals surface area contributed by atoms with E-state index in [0.717, 1.165) is 24.3 Å². The SMILES string of the molecule is CCCCN1Sc2ccccc2C=CCC1=O. The van der Waals surface area contributed by atoms with Crippen LogP contribution in [0, 0.1) is 0 Å². The Morgan fingerprint density at radius 3 is 3.00 bits per heavy atom. The summed E-state index contributed by atoms with van der Waals surface area (Å²) in [6, 6.07) is 8.21. The molecule has 0 aliphatic carbocycles. The van der Waals surface area contributed by atoms with Gasteiger partial charge in [-0.2, -0.15) is 0 Å². The Morgan fingerprint density at radius 1 is 1.35 bits per heavy atom. The first kappa shape index (κ1) is 12.2. The molecule has 90 valence electrons. The molecule has 0 saturated heterocycles. The van der Waals surface area contributed by atoms with Crippen LogP contribution >= 0.6 is 11.9 Å². The van der Waals surface area contributed by atoms with Gasteiger partial charge in [0.25, 0.3) is 0 Å². The van der Waals surface area contributed by atoms with Crippen molar-refractivity contribution in [3.63, 3.8) is 0 Å². The zero-order valence-electron chi connectivity index (χ0n) is 10.1. The predicted molar refractivity (Wildman–Crippen MR) is 72.6 cm³/mol. The lowest BCUT2D eigenvalue weighted by Crippen LogP contribution is -2.25. The first-order valence-electron chi connectivity index (χ1n) is 6.05. The van der Waals surface area contributed by atoms with E-state index >= 15 is 0 Å². The Balaban J connectivity index is 2.21. The highest BCUT2D eigenvalue weighted by Gasteiger charge is 2.16. The average Bonchev–Trinajstić information content (AvgIpc) is 2.33. The summed E-state index contributed by atoms with van der Waals surface area (Å²) < 4.78 is 1.89. The van der Waals surface area contributed by atoms with Crippen molar-refractivity contribution < 1.29 is 4.79 Å². The quantitative estimate of drug-likeness (QED) is 0.758. The third-order valence-corrected chi connectivity index (χ3v) is 3.89. The number of carbonyl (C=O) groups is 1. The lowest BCUT2D eigenvalue weighted by Gasteiger charge is -2.22. The normalized spacial score (nSPS) is 15.4. The molecule has 0 bridgehead atoms. The molecular weight excluding hydrogens is 230 g/mol. The fourth-order valence-corrected chi connectivity index (χ4v) is 2.75. The summed E-state index contributed by atoms with van der Waals surface area (Å²) in [6.45, 7) is 2.98. The molecule has 17 heavy (non-hydrogen) atoms. The fourth-order valence-electron chi connectivity index (χ4n) is 1.73. The molecular formula is C14H17NOS. The van der Waals surface area contributed by atoms with E-state index in [1.807, 2.05) is 28.6 Å². The lowest BCUT2D eigenvalue weighted by atomic mass is 10.2. The highest BCUT2D eigenvalue weighted by Crippen LogP contribution is 2.30. The van der Waals surface area contributed by atoms with Crippen LogP contribution in [0.2, 0.25) is 0 Å². The molecule has 2 nitrogen and oxygen atoms in total. The van der Waals surface area contributed by atoms with E-state index < -0.39 is 0 Å². The van der Waals surface area contributed by atoms with Crippen LogP contribution in [-0.2, 0) is 4.79 Å². The number of rotatable bonds is 3. The number of amides is 1. The number of carbonyl (C=O) groups excluding carboxylic acids is 1. The maximum atomic E-state index is 11.9. The number of nitrogens with zero attached hydrogens (tertiary/aromatic N) is 1. The van der Waals surface area contributed by atoms with Gasteiger partial charge in [-0.15, -0.1) is 0 Å². The molecule has 0 atom stereocenters. The number of benzene rings is 1. The van der Waals surface area contributed by atoms with Gasteiger partial charge in [-0.05, 0) is 30.0 Å². The Labute approximate surface area is 107 Å². The van der Waals surface area contributed by atoms with E-state index in [2.05, 4.69) is 19.1 Å². The van der Waals surface area contributed by atoms with Gasteiger partial charge in [0.05, 0.1) is 0 Å². The molecule has 0 unspecified atom stereocenters. The lowest BCUT2D eigenvalue weighted by molar-refractivity contribution is -0.125. The van der Waals surface area contributed by atoms with E-state index in [-0.39, 0.29) is 5.91 Å². The van der Waals surface area contributed by atoms with Crippen molar-refractivity contribution >= 4 is 23.9 Å². The Kier molecular flexibility index (Phi) is 4.26. The topological polar surface area (TPSA) is 20.3 Å². The minimum absolute atomic E-state index is 0.203. The summed E-state index contributed by atoms with van der Waals surface area (Å²) in [6.07, 6.45) is 6.68. The Hall–Kier alpha value is -1.22. The van der Waals surface area contributed by atoms with Crippen LogP contribution in [-0.4, -0.2) is 16.8 Å². The van der Waals surface area contributed by atoms with Crippen LogP contribution in [0.3, 0.4) is 0 Å². The average molecular weight is 247 g/mol. The number of hydrogen-bond donors (Lipinski definition) is 0. The van der Waals surface area contributed by atoms with Crippen LogP contribution in [0.15, 0.2) is 35.2 Å². The van der Waals surface area contributed by atoms with E-state index in [1.165, 1.54) is 5.56 Å². The number of hydrogen-bond acceptors (Lipinski definition) is 2. The Bertz CT molecular complexity index is 428. The van der Waals surface area contributed by atoms with Crippen molar-refractivity contribution in [1.82, 2.24) is 4.31 Å². The van der Waals surface area contributed by atoms with Crippen molar-refractivity contribution in [3.8, 4) is 0 Å². The maximum absolute atomic E-state index is 11.9. The standard InChI is InChI=1S/C14H17NOS/c1-2-3-11-15-14(16)10-6-8-12-7-4-5-9-13(12)17-15/h4-9H,2-3,10-11H2,1H3. The largest absolute Gasteiger partial charge is 0.282 e. The van der Waals surface area contributed by atoms with Crippen molar-refractivity contribution in [3.05, 3.63) is 35.9 Å². The predicted octanol–water partition coefficient (Wildman–Crippen LogP) is 3.74. The summed E-state index contributed by atoms with van der Waals surface area (Å²) in [5.74, 6) is 0.203. The van der Waals surface area contributed by atoms with Gasteiger partial charge in [-0.1, -0.05) is 43.7 Å². The molecule has 0 aromatic heterocycles. The van der Waals surface area contributed by atoms with Gasteiger partial charge >= 0.3 is 0 Å². The monoisotopic (exact) mass is 247 g/mol. The van der Waals surface area contributed by atoms with E-state index in [0.29, 0.717) is 6.42 Å². The molecule has 0 radical (unpaired) electrons. The molecule has 3 heteroatoms. The van der Waals surface area contributed by atoms with Crippen LogP contribution in [0.25, 0.3) is 6.08 Å². The summed E-state index contributed by atoms with van der Waals surface area (Å²) >= 11 is 1.57. The summed E-state index contributed by atoms with van der Waals surface area (Å²) in [5.41, 5.74) is 1.20. The summed E-state index contributed by atoms with van der Waals surface area (Å²) in [5, 5.41) is 0. The smallest absolute Gasteiger partial charge is 0.236 e. The number of fused-ring (bicyclic) bond motifs is 1.